The van der Waals surface area contributed by atoms with Crippen molar-refractivity contribution in [3.05, 3.63) is 0 Å². The molecule has 19 heavy (non-hydrogen) atoms. The highest BCUT2D eigenvalue weighted by Crippen LogP contribution is 2.21. The fourth-order valence-electron chi connectivity index (χ4n) is 2.56. The molecule has 5 heteroatoms. The molecule has 1 amide bonds. The lowest BCUT2D eigenvalue weighted by atomic mass is 9.94. The molecule has 1 saturated heterocycles. The summed E-state index contributed by atoms with van der Waals surface area (Å²) in [7, 11) is 0. The number of likely N-dealkylation sites (tertiary alicyclic amines) is 1. The molecule has 2 atom stereocenters. The molecule has 110 valence electrons. The minimum atomic E-state index is -0.997. The van der Waals surface area contributed by atoms with Gasteiger partial charge in [-0.2, -0.15) is 0 Å². The molecule has 5 nitrogen and oxygen atoms in total. The third kappa shape index (κ3) is 4.49. The van der Waals surface area contributed by atoms with Gasteiger partial charge >= 0.3 is 5.97 Å². The Balaban J connectivity index is 2.66. The van der Waals surface area contributed by atoms with Gasteiger partial charge < -0.3 is 10.4 Å². The summed E-state index contributed by atoms with van der Waals surface area (Å²) in [5, 5.41) is 11.5. The average molecular weight is 270 g/mol. The van der Waals surface area contributed by atoms with Gasteiger partial charge in [0.05, 0.1) is 6.04 Å². The number of carbonyl (C=O) groups is 2. The Labute approximate surface area is 115 Å². The van der Waals surface area contributed by atoms with E-state index >= 15 is 0 Å². The van der Waals surface area contributed by atoms with Gasteiger partial charge in [-0.25, -0.2) is 0 Å². The number of amides is 1. The van der Waals surface area contributed by atoms with Gasteiger partial charge in [-0.1, -0.05) is 20.8 Å². The van der Waals surface area contributed by atoms with Crippen molar-refractivity contribution in [2.45, 2.75) is 52.6 Å². The number of carboxylic acid groups (broad SMARTS) is 1. The van der Waals surface area contributed by atoms with E-state index in [9.17, 15) is 9.59 Å². The summed E-state index contributed by atoms with van der Waals surface area (Å²) in [6.45, 7) is 9.57. The van der Waals surface area contributed by atoms with E-state index in [0.717, 1.165) is 25.9 Å². The fraction of sp³-hybridized carbons (Fsp3) is 0.857. The van der Waals surface area contributed by atoms with E-state index in [2.05, 4.69) is 17.1 Å². The number of aliphatic carboxylic acids is 1. The summed E-state index contributed by atoms with van der Waals surface area (Å²) in [5.41, 5.74) is 0. The molecular formula is C14H26N2O3. The first-order valence-electron chi connectivity index (χ1n) is 7.10. The third-order valence-electron chi connectivity index (χ3n) is 3.84. The van der Waals surface area contributed by atoms with E-state index in [1.807, 2.05) is 13.8 Å². The Hall–Kier alpha value is -1.10. The lowest BCUT2D eigenvalue weighted by Gasteiger charge is -2.38. The highest BCUT2D eigenvalue weighted by Gasteiger charge is 2.32. The second kappa shape index (κ2) is 6.89. The van der Waals surface area contributed by atoms with E-state index in [0.29, 0.717) is 5.92 Å². The lowest BCUT2D eigenvalue weighted by Crippen LogP contribution is -2.54. The van der Waals surface area contributed by atoms with E-state index in [1.165, 1.54) is 6.92 Å². The maximum absolute atomic E-state index is 12.3. The summed E-state index contributed by atoms with van der Waals surface area (Å²) < 4.78 is 0. The SMILES string of the molecule is CC1CCN(C(C(=O)NC(C)C(=O)O)C(C)C)CC1. The minimum absolute atomic E-state index is 0.167. The molecule has 0 radical (unpaired) electrons. The van der Waals surface area contributed by atoms with Crippen LogP contribution in [0.5, 0.6) is 0 Å². The van der Waals surface area contributed by atoms with Crippen molar-refractivity contribution in [1.82, 2.24) is 10.2 Å². The summed E-state index contributed by atoms with van der Waals surface area (Å²) in [6, 6.07) is -1.06. The molecule has 0 aromatic rings. The number of hydrogen-bond acceptors (Lipinski definition) is 3. The van der Waals surface area contributed by atoms with Crippen LogP contribution in [0.1, 0.15) is 40.5 Å². The molecule has 0 aromatic heterocycles. The van der Waals surface area contributed by atoms with Crippen LogP contribution in [0.15, 0.2) is 0 Å². The van der Waals surface area contributed by atoms with Crippen LogP contribution in [0, 0.1) is 11.8 Å². The van der Waals surface area contributed by atoms with E-state index in [4.69, 9.17) is 5.11 Å². The Morgan fingerprint density at radius 2 is 1.74 bits per heavy atom. The molecule has 0 aromatic carbocycles. The first-order valence-corrected chi connectivity index (χ1v) is 7.10. The van der Waals surface area contributed by atoms with Crippen LogP contribution in [-0.2, 0) is 9.59 Å². The van der Waals surface area contributed by atoms with Crippen molar-refractivity contribution in [1.29, 1.82) is 0 Å². The van der Waals surface area contributed by atoms with Gasteiger partial charge in [-0.15, -0.1) is 0 Å². The van der Waals surface area contributed by atoms with Gasteiger partial charge in [0.15, 0.2) is 0 Å². The largest absolute Gasteiger partial charge is 0.480 e. The average Bonchev–Trinajstić information content (AvgIpc) is 2.31. The van der Waals surface area contributed by atoms with Crippen LogP contribution in [0.2, 0.25) is 0 Å². The van der Waals surface area contributed by atoms with E-state index in [-0.39, 0.29) is 17.9 Å². The molecule has 1 heterocycles. The molecule has 1 aliphatic heterocycles. The summed E-state index contributed by atoms with van der Waals surface area (Å²) >= 11 is 0. The monoisotopic (exact) mass is 270 g/mol. The highest BCUT2D eigenvalue weighted by atomic mass is 16.4. The van der Waals surface area contributed by atoms with Crippen molar-refractivity contribution in [2.24, 2.45) is 11.8 Å². The topological polar surface area (TPSA) is 69.6 Å². The molecule has 0 saturated carbocycles. The molecular weight excluding hydrogens is 244 g/mol. The Morgan fingerprint density at radius 1 is 1.21 bits per heavy atom. The molecule has 1 aliphatic rings. The number of rotatable bonds is 5. The molecule has 2 unspecified atom stereocenters. The van der Waals surface area contributed by atoms with Crippen LogP contribution in [0.3, 0.4) is 0 Å². The van der Waals surface area contributed by atoms with E-state index in [1.54, 1.807) is 0 Å². The highest BCUT2D eigenvalue weighted by molar-refractivity contribution is 5.86. The van der Waals surface area contributed by atoms with Gasteiger partial charge in [0.25, 0.3) is 0 Å². The maximum Gasteiger partial charge on any atom is 0.325 e. The summed E-state index contributed by atoms with van der Waals surface area (Å²) in [6.07, 6.45) is 2.20. The molecule has 1 rings (SSSR count). The third-order valence-corrected chi connectivity index (χ3v) is 3.84. The first kappa shape index (κ1) is 16.0. The number of nitrogens with one attached hydrogen (secondary N) is 1. The Bertz CT molecular complexity index is 323. The standard InChI is InChI=1S/C14H26N2O3/c1-9(2)12(13(17)15-11(4)14(18)19)16-7-5-10(3)6-8-16/h9-12H,5-8H2,1-4H3,(H,15,17)(H,18,19). The quantitative estimate of drug-likeness (QED) is 0.791. The van der Waals surface area contributed by atoms with Crippen LogP contribution >= 0.6 is 0 Å². The molecule has 0 spiro atoms. The smallest absolute Gasteiger partial charge is 0.325 e. The van der Waals surface area contributed by atoms with Gasteiger partial charge in [0.2, 0.25) is 5.91 Å². The van der Waals surface area contributed by atoms with Crippen LogP contribution in [0.25, 0.3) is 0 Å². The van der Waals surface area contributed by atoms with Gasteiger partial charge in [0, 0.05) is 0 Å². The van der Waals surface area contributed by atoms with Gasteiger partial charge in [-0.3, -0.25) is 14.5 Å². The normalized spacial score (nSPS) is 21.1. The van der Waals surface area contributed by atoms with Gasteiger partial charge in [0.1, 0.15) is 6.04 Å². The summed E-state index contributed by atoms with van der Waals surface area (Å²) in [4.78, 5) is 25.3. The van der Waals surface area contributed by atoms with E-state index < -0.39 is 12.0 Å². The second-order valence-electron chi connectivity index (χ2n) is 5.98. The molecule has 0 aliphatic carbocycles. The number of hydrogen-bond donors (Lipinski definition) is 2. The zero-order valence-corrected chi connectivity index (χ0v) is 12.3. The number of carbonyl (C=O) groups excluding carboxylic acids is 1. The minimum Gasteiger partial charge on any atom is -0.480 e. The fourth-order valence-corrected chi connectivity index (χ4v) is 2.56. The number of piperidine rings is 1. The zero-order chi connectivity index (χ0) is 14.6. The van der Waals surface area contributed by atoms with Crippen LogP contribution < -0.4 is 5.32 Å². The number of nitrogens with zero attached hydrogens (tertiary/aromatic N) is 1. The van der Waals surface area contributed by atoms with Crippen molar-refractivity contribution >= 4 is 11.9 Å². The van der Waals surface area contributed by atoms with Crippen molar-refractivity contribution < 1.29 is 14.7 Å². The lowest BCUT2D eigenvalue weighted by molar-refractivity contribution is -0.142. The Kier molecular flexibility index (Phi) is 5.79. The molecule has 0 bridgehead atoms. The van der Waals surface area contributed by atoms with Crippen molar-refractivity contribution in [2.75, 3.05) is 13.1 Å². The van der Waals surface area contributed by atoms with Crippen molar-refractivity contribution in [3.63, 3.8) is 0 Å². The van der Waals surface area contributed by atoms with Crippen molar-refractivity contribution in [3.8, 4) is 0 Å². The zero-order valence-electron chi connectivity index (χ0n) is 12.3. The first-order chi connectivity index (χ1) is 8.82. The summed E-state index contributed by atoms with van der Waals surface area (Å²) in [5.74, 6) is -0.276. The van der Waals surface area contributed by atoms with Crippen LogP contribution in [-0.4, -0.2) is 47.1 Å². The Morgan fingerprint density at radius 3 is 2.16 bits per heavy atom. The maximum atomic E-state index is 12.3. The second-order valence-corrected chi connectivity index (χ2v) is 5.98. The molecule has 2 N–H and O–H groups in total. The number of carboxylic acids is 1. The van der Waals surface area contributed by atoms with Crippen LogP contribution in [0.4, 0.5) is 0 Å². The predicted molar refractivity (Wildman–Crippen MR) is 73.8 cm³/mol. The predicted octanol–water partition coefficient (Wildman–Crippen LogP) is 1.33. The van der Waals surface area contributed by atoms with Gasteiger partial charge in [-0.05, 0) is 44.7 Å². The molecule has 1 fully saturated rings.